The number of carboxylic acid groups (broad SMARTS) is 1. The van der Waals surface area contributed by atoms with Gasteiger partial charge in [-0.2, -0.15) is 0 Å². The van der Waals surface area contributed by atoms with Gasteiger partial charge in [-0.05, 0) is 29.8 Å². The topological polar surface area (TPSA) is 49.8 Å². The molecule has 0 spiro atoms. The van der Waals surface area contributed by atoms with Crippen molar-refractivity contribution in [3.05, 3.63) is 71.8 Å². The molecule has 1 fully saturated rings. The van der Waals surface area contributed by atoms with Gasteiger partial charge in [0, 0.05) is 32.5 Å². The summed E-state index contributed by atoms with van der Waals surface area (Å²) in [5.41, 5.74) is -0.518. The molecule has 4 nitrogen and oxygen atoms in total. The van der Waals surface area contributed by atoms with Crippen LogP contribution in [-0.2, 0) is 4.79 Å². The summed E-state index contributed by atoms with van der Waals surface area (Å²) in [7, 11) is 0. The molecular formula is C21H21F2NO3. The van der Waals surface area contributed by atoms with E-state index in [2.05, 4.69) is 4.90 Å². The lowest BCUT2D eigenvalue weighted by atomic mass is 9.91. The number of hydrogen-bond donors (Lipinski definition) is 1. The molecule has 1 aliphatic rings. The first-order valence-corrected chi connectivity index (χ1v) is 8.80. The van der Waals surface area contributed by atoms with Crippen LogP contribution in [0.15, 0.2) is 54.6 Å². The fraction of sp³-hybridized carbons (Fsp3) is 0.286. The highest BCUT2D eigenvalue weighted by atomic mass is 19.1. The number of nitrogens with zero attached hydrogens (tertiary/aromatic N) is 1. The number of halogens is 2. The zero-order valence-electron chi connectivity index (χ0n) is 14.8. The van der Waals surface area contributed by atoms with Gasteiger partial charge in [0.15, 0.2) is 11.6 Å². The number of benzene rings is 2. The van der Waals surface area contributed by atoms with Crippen molar-refractivity contribution < 1.29 is 23.4 Å². The van der Waals surface area contributed by atoms with Crippen LogP contribution in [0.5, 0.6) is 5.75 Å². The lowest BCUT2D eigenvalue weighted by molar-refractivity contribution is -0.159. The van der Waals surface area contributed by atoms with Crippen molar-refractivity contribution in [1.82, 2.24) is 4.90 Å². The maximum absolute atomic E-state index is 13.8. The second kappa shape index (κ2) is 8.31. The van der Waals surface area contributed by atoms with Crippen LogP contribution in [0.25, 0.3) is 6.08 Å². The predicted octanol–water partition coefficient (Wildman–Crippen LogP) is 3.98. The molecule has 142 valence electrons. The average molecular weight is 373 g/mol. The van der Waals surface area contributed by atoms with Crippen LogP contribution in [0, 0.1) is 11.6 Å². The van der Waals surface area contributed by atoms with E-state index in [1.807, 2.05) is 12.2 Å². The third-order valence-electron chi connectivity index (χ3n) is 4.74. The van der Waals surface area contributed by atoms with E-state index in [1.165, 1.54) is 30.3 Å². The van der Waals surface area contributed by atoms with Crippen LogP contribution in [0.4, 0.5) is 8.78 Å². The van der Waals surface area contributed by atoms with Gasteiger partial charge in [-0.25, -0.2) is 13.6 Å². The molecule has 1 saturated heterocycles. The van der Waals surface area contributed by atoms with Gasteiger partial charge < -0.3 is 9.84 Å². The van der Waals surface area contributed by atoms with E-state index >= 15 is 0 Å². The van der Waals surface area contributed by atoms with Crippen LogP contribution >= 0.6 is 0 Å². The third kappa shape index (κ3) is 4.71. The highest BCUT2D eigenvalue weighted by molar-refractivity contribution is 5.78. The van der Waals surface area contributed by atoms with Crippen molar-refractivity contribution in [3.8, 4) is 5.75 Å². The summed E-state index contributed by atoms with van der Waals surface area (Å²) >= 11 is 0. The Morgan fingerprint density at radius 1 is 1.11 bits per heavy atom. The lowest BCUT2D eigenvalue weighted by Crippen LogP contribution is -2.53. The average Bonchev–Trinajstić information content (AvgIpc) is 2.66. The number of aliphatic carboxylic acids is 1. The Morgan fingerprint density at radius 2 is 1.78 bits per heavy atom. The van der Waals surface area contributed by atoms with Gasteiger partial charge in [0.2, 0.25) is 5.60 Å². The highest BCUT2D eigenvalue weighted by Gasteiger charge is 2.44. The van der Waals surface area contributed by atoms with Gasteiger partial charge in [0.25, 0.3) is 0 Å². The van der Waals surface area contributed by atoms with Crippen LogP contribution in [-0.4, -0.2) is 41.2 Å². The molecule has 0 unspecified atom stereocenters. The minimum Gasteiger partial charge on any atom is -0.478 e. The minimum absolute atomic E-state index is 0.0374. The number of likely N-dealkylation sites (tertiary alicyclic amines) is 1. The number of ether oxygens (including phenoxy) is 1. The van der Waals surface area contributed by atoms with Crippen molar-refractivity contribution in [2.75, 3.05) is 19.6 Å². The van der Waals surface area contributed by atoms with E-state index in [0.717, 1.165) is 5.56 Å². The molecule has 6 heteroatoms. The van der Waals surface area contributed by atoms with Crippen molar-refractivity contribution in [2.45, 2.75) is 18.4 Å². The molecule has 2 aromatic rings. The SMILES string of the molecule is O=C(O)C1(Oc2ccccc2F)CCN(CC=Cc2ccc(F)cc2)CC1. The van der Waals surface area contributed by atoms with E-state index in [9.17, 15) is 18.7 Å². The summed E-state index contributed by atoms with van der Waals surface area (Å²) in [5.74, 6) is -1.96. The molecule has 1 aliphatic heterocycles. The molecule has 0 radical (unpaired) electrons. The summed E-state index contributed by atoms with van der Waals surface area (Å²) < 4.78 is 32.4. The van der Waals surface area contributed by atoms with E-state index in [-0.39, 0.29) is 24.4 Å². The standard InChI is InChI=1S/C21H21F2NO3/c22-17-9-7-16(8-10-17)4-3-13-24-14-11-21(12-15-24,20(25)26)27-19-6-2-1-5-18(19)23/h1-10H,11-15H2,(H,25,26). The molecule has 0 bridgehead atoms. The van der Waals surface area contributed by atoms with E-state index in [4.69, 9.17) is 4.74 Å². The lowest BCUT2D eigenvalue weighted by Gasteiger charge is -2.38. The van der Waals surface area contributed by atoms with Crippen molar-refractivity contribution >= 4 is 12.0 Å². The Morgan fingerprint density at radius 3 is 2.41 bits per heavy atom. The van der Waals surface area contributed by atoms with E-state index in [1.54, 1.807) is 18.2 Å². The van der Waals surface area contributed by atoms with Gasteiger partial charge in [-0.15, -0.1) is 0 Å². The van der Waals surface area contributed by atoms with Crippen molar-refractivity contribution in [2.24, 2.45) is 0 Å². The second-order valence-corrected chi connectivity index (χ2v) is 6.59. The maximum atomic E-state index is 13.8. The van der Waals surface area contributed by atoms with Gasteiger partial charge >= 0.3 is 5.97 Å². The van der Waals surface area contributed by atoms with Gasteiger partial charge in [0.1, 0.15) is 5.82 Å². The molecule has 0 aliphatic carbocycles. The zero-order valence-corrected chi connectivity index (χ0v) is 14.8. The Kier molecular flexibility index (Phi) is 5.86. The largest absolute Gasteiger partial charge is 0.478 e. The minimum atomic E-state index is -1.42. The Labute approximate surface area is 156 Å². The molecule has 2 aromatic carbocycles. The van der Waals surface area contributed by atoms with Gasteiger partial charge in [-0.1, -0.05) is 36.4 Å². The number of carbonyl (C=O) groups is 1. The summed E-state index contributed by atoms with van der Waals surface area (Å²) in [6.45, 7) is 1.69. The fourth-order valence-corrected chi connectivity index (χ4v) is 3.11. The Hall–Kier alpha value is -2.73. The molecule has 3 rings (SSSR count). The van der Waals surface area contributed by atoms with Gasteiger partial charge in [0.05, 0.1) is 0 Å². The highest BCUT2D eigenvalue weighted by Crippen LogP contribution is 2.30. The summed E-state index contributed by atoms with van der Waals surface area (Å²) in [6, 6.07) is 12.0. The monoisotopic (exact) mass is 373 g/mol. The quantitative estimate of drug-likeness (QED) is 0.832. The van der Waals surface area contributed by atoms with E-state index in [0.29, 0.717) is 19.6 Å². The first-order valence-electron chi connectivity index (χ1n) is 8.80. The number of carboxylic acids is 1. The van der Waals surface area contributed by atoms with Crippen LogP contribution < -0.4 is 4.74 Å². The normalized spacial score (nSPS) is 17.1. The predicted molar refractivity (Wildman–Crippen MR) is 98.5 cm³/mol. The number of hydrogen-bond acceptors (Lipinski definition) is 3. The number of rotatable bonds is 6. The molecule has 0 amide bonds. The van der Waals surface area contributed by atoms with Crippen LogP contribution in [0.2, 0.25) is 0 Å². The maximum Gasteiger partial charge on any atom is 0.348 e. The number of piperidine rings is 1. The summed E-state index contributed by atoms with van der Waals surface area (Å²) in [6.07, 6.45) is 4.38. The fourth-order valence-electron chi connectivity index (χ4n) is 3.11. The van der Waals surface area contributed by atoms with Crippen LogP contribution in [0.3, 0.4) is 0 Å². The second-order valence-electron chi connectivity index (χ2n) is 6.59. The molecular weight excluding hydrogens is 352 g/mol. The van der Waals surface area contributed by atoms with Crippen LogP contribution in [0.1, 0.15) is 18.4 Å². The zero-order chi connectivity index (χ0) is 19.3. The first kappa shape index (κ1) is 19.0. The van der Waals surface area contributed by atoms with Crippen molar-refractivity contribution in [1.29, 1.82) is 0 Å². The molecule has 0 atom stereocenters. The Bertz CT molecular complexity index is 812. The van der Waals surface area contributed by atoms with E-state index < -0.39 is 17.4 Å². The first-order chi connectivity index (χ1) is 13.0. The molecule has 0 saturated carbocycles. The molecule has 0 aromatic heterocycles. The van der Waals surface area contributed by atoms with Crippen molar-refractivity contribution in [3.63, 3.8) is 0 Å². The Balaban J connectivity index is 1.59. The molecule has 1 heterocycles. The smallest absolute Gasteiger partial charge is 0.348 e. The summed E-state index contributed by atoms with van der Waals surface area (Å²) in [4.78, 5) is 13.9. The molecule has 1 N–H and O–H groups in total. The molecule has 27 heavy (non-hydrogen) atoms. The van der Waals surface area contributed by atoms with Gasteiger partial charge in [-0.3, -0.25) is 4.90 Å². The number of para-hydroxylation sites is 1. The third-order valence-corrected chi connectivity index (χ3v) is 4.74. The summed E-state index contributed by atoms with van der Waals surface area (Å²) in [5, 5.41) is 9.66.